The Balaban J connectivity index is 1.55. The summed E-state index contributed by atoms with van der Waals surface area (Å²) in [6.45, 7) is 3.25. The number of amides is 2. The first-order valence-corrected chi connectivity index (χ1v) is 9.90. The van der Waals surface area contributed by atoms with Gasteiger partial charge in [-0.2, -0.15) is 0 Å². The molecule has 1 aromatic carbocycles. The number of piperidine rings is 1. The molecule has 1 unspecified atom stereocenters. The topological polar surface area (TPSA) is 71.8 Å². The van der Waals surface area contributed by atoms with Crippen molar-refractivity contribution in [3.8, 4) is 5.75 Å². The van der Waals surface area contributed by atoms with Crippen LogP contribution >= 0.6 is 15.9 Å². The molecule has 0 saturated carbocycles. The normalized spacial score (nSPS) is 16.8. The van der Waals surface area contributed by atoms with Crippen LogP contribution in [0.3, 0.4) is 0 Å². The zero-order valence-electron chi connectivity index (χ0n) is 15.2. The minimum atomic E-state index is -0.152. The van der Waals surface area contributed by atoms with E-state index in [-0.39, 0.29) is 24.5 Å². The number of nitrogens with one attached hydrogen (secondary N) is 1. The number of hydrogen-bond donors (Lipinski definition) is 1. The Bertz CT molecular complexity index is 788. The smallest absolute Gasteiger partial charge is 0.289 e. The fourth-order valence-corrected chi connectivity index (χ4v) is 3.29. The van der Waals surface area contributed by atoms with Crippen LogP contribution in [0.2, 0.25) is 0 Å². The predicted molar refractivity (Wildman–Crippen MR) is 105 cm³/mol. The molecule has 2 heterocycles. The average molecular weight is 435 g/mol. The lowest BCUT2D eigenvalue weighted by Gasteiger charge is -2.32. The number of carbonyl (C=O) groups excluding carboxylic acids is 2. The lowest BCUT2D eigenvalue weighted by atomic mass is 10.1. The molecule has 144 valence electrons. The van der Waals surface area contributed by atoms with Crippen molar-refractivity contribution >= 4 is 27.7 Å². The highest BCUT2D eigenvalue weighted by Crippen LogP contribution is 2.19. The Morgan fingerprint density at radius 3 is 2.78 bits per heavy atom. The molecule has 1 fully saturated rings. The number of likely N-dealkylation sites (tertiary alicyclic amines) is 1. The second-order valence-electron chi connectivity index (χ2n) is 6.52. The van der Waals surface area contributed by atoms with Crippen molar-refractivity contribution in [1.29, 1.82) is 0 Å². The van der Waals surface area contributed by atoms with Crippen LogP contribution < -0.4 is 10.1 Å². The molecule has 1 aliphatic heterocycles. The minimum absolute atomic E-state index is 0.00493. The largest absolute Gasteiger partial charge is 0.486 e. The maximum absolute atomic E-state index is 12.7. The molecule has 2 aromatic rings. The fraction of sp³-hybridized carbons (Fsp3) is 0.400. The molecule has 1 N–H and O–H groups in total. The van der Waals surface area contributed by atoms with Gasteiger partial charge in [0.15, 0.2) is 5.76 Å². The molecule has 3 rings (SSSR count). The van der Waals surface area contributed by atoms with Gasteiger partial charge in [0, 0.05) is 30.0 Å². The molecule has 2 amide bonds. The van der Waals surface area contributed by atoms with Crippen molar-refractivity contribution in [2.24, 2.45) is 0 Å². The Labute approximate surface area is 167 Å². The zero-order valence-corrected chi connectivity index (χ0v) is 16.8. The molecule has 6 nitrogen and oxygen atoms in total. The van der Waals surface area contributed by atoms with Crippen molar-refractivity contribution in [2.75, 3.05) is 13.1 Å². The van der Waals surface area contributed by atoms with Gasteiger partial charge >= 0.3 is 0 Å². The summed E-state index contributed by atoms with van der Waals surface area (Å²) >= 11 is 3.38. The van der Waals surface area contributed by atoms with Crippen LogP contribution in [0.4, 0.5) is 0 Å². The number of nitrogens with zero attached hydrogens (tertiary/aromatic N) is 1. The molecule has 0 bridgehead atoms. The number of hydrogen-bond acceptors (Lipinski definition) is 4. The lowest BCUT2D eigenvalue weighted by Crippen LogP contribution is -2.49. The zero-order chi connectivity index (χ0) is 19.2. The number of benzene rings is 1. The summed E-state index contributed by atoms with van der Waals surface area (Å²) < 4.78 is 12.3. The highest BCUT2D eigenvalue weighted by molar-refractivity contribution is 9.10. The van der Waals surface area contributed by atoms with Crippen LogP contribution in [0.25, 0.3) is 0 Å². The number of carbonyl (C=O) groups is 2. The van der Waals surface area contributed by atoms with Gasteiger partial charge in [0.25, 0.3) is 5.91 Å². The number of furan rings is 1. The summed E-state index contributed by atoms with van der Waals surface area (Å²) in [6.07, 6.45) is 2.20. The molecular weight excluding hydrogens is 412 g/mol. The van der Waals surface area contributed by atoms with Crippen molar-refractivity contribution in [1.82, 2.24) is 10.2 Å². The van der Waals surface area contributed by atoms with E-state index in [1.807, 2.05) is 31.2 Å². The molecule has 1 atom stereocenters. The molecule has 1 saturated heterocycles. The predicted octanol–water partition coefficient (Wildman–Crippen LogP) is 3.75. The maximum atomic E-state index is 12.7. The Kier molecular flexibility index (Phi) is 6.55. The highest BCUT2D eigenvalue weighted by atomic mass is 79.9. The highest BCUT2D eigenvalue weighted by Gasteiger charge is 2.27. The Morgan fingerprint density at radius 1 is 1.26 bits per heavy atom. The van der Waals surface area contributed by atoms with E-state index < -0.39 is 0 Å². The monoisotopic (exact) mass is 434 g/mol. The summed E-state index contributed by atoms with van der Waals surface area (Å²) in [5.74, 6) is 1.48. The summed E-state index contributed by atoms with van der Waals surface area (Å²) in [6, 6.07) is 11.0. The van der Waals surface area contributed by atoms with Crippen molar-refractivity contribution in [2.45, 2.75) is 38.8 Å². The van der Waals surface area contributed by atoms with Gasteiger partial charge in [-0.3, -0.25) is 9.59 Å². The van der Waals surface area contributed by atoms with Gasteiger partial charge in [-0.1, -0.05) is 22.9 Å². The van der Waals surface area contributed by atoms with Gasteiger partial charge in [0.2, 0.25) is 5.91 Å². The van der Waals surface area contributed by atoms with Crippen LogP contribution in [0.5, 0.6) is 5.75 Å². The van der Waals surface area contributed by atoms with E-state index in [4.69, 9.17) is 9.15 Å². The fourth-order valence-electron chi connectivity index (χ4n) is 3.02. The quantitative estimate of drug-likeness (QED) is 0.751. The molecule has 27 heavy (non-hydrogen) atoms. The summed E-state index contributed by atoms with van der Waals surface area (Å²) in [7, 11) is 0. The summed E-state index contributed by atoms with van der Waals surface area (Å²) in [5.41, 5.74) is 0. The van der Waals surface area contributed by atoms with Gasteiger partial charge in [-0.25, -0.2) is 0 Å². The number of rotatable bonds is 6. The Hall–Kier alpha value is -2.28. The van der Waals surface area contributed by atoms with E-state index in [0.29, 0.717) is 31.0 Å². The maximum Gasteiger partial charge on any atom is 0.289 e. The molecule has 1 aliphatic rings. The van der Waals surface area contributed by atoms with E-state index >= 15 is 0 Å². The van der Waals surface area contributed by atoms with Crippen molar-refractivity contribution in [3.63, 3.8) is 0 Å². The van der Waals surface area contributed by atoms with Gasteiger partial charge < -0.3 is 19.4 Å². The molecule has 0 spiro atoms. The van der Waals surface area contributed by atoms with Gasteiger partial charge in [-0.15, -0.1) is 0 Å². The van der Waals surface area contributed by atoms with Gasteiger partial charge in [0.05, 0.1) is 0 Å². The van der Waals surface area contributed by atoms with Gasteiger partial charge in [0.1, 0.15) is 18.1 Å². The first kappa shape index (κ1) is 19.5. The second kappa shape index (κ2) is 9.08. The van der Waals surface area contributed by atoms with Crippen LogP contribution in [0.15, 0.2) is 45.3 Å². The standard InChI is InChI=1S/C20H23BrN2O4/c1-2-19(24)22-15-4-3-11-23(12-15)20(25)18-10-9-17(27-18)13-26-16-7-5-14(21)6-8-16/h5-10,15H,2-4,11-13H2,1H3,(H,22,24). The molecule has 7 heteroatoms. The van der Waals surface area contributed by atoms with E-state index in [9.17, 15) is 9.59 Å². The number of halogens is 1. The van der Waals surface area contributed by atoms with Crippen molar-refractivity contribution in [3.05, 3.63) is 52.4 Å². The third-order valence-electron chi connectivity index (χ3n) is 4.46. The van der Waals surface area contributed by atoms with E-state index in [2.05, 4.69) is 21.2 Å². The van der Waals surface area contributed by atoms with E-state index in [1.165, 1.54) is 0 Å². The molecular formula is C20H23BrN2O4. The van der Waals surface area contributed by atoms with E-state index in [1.54, 1.807) is 17.0 Å². The lowest BCUT2D eigenvalue weighted by molar-refractivity contribution is -0.121. The number of ether oxygens (including phenoxy) is 1. The summed E-state index contributed by atoms with van der Waals surface area (Å²) in [4.78, 5) is 26.0. The van der Waals surface area contributed by atoms with Gasteiger partial charge in [-0.05, 0) is 49.2 Å². The van der Waals surface area contributed by atoms with E-state index in [0.717, 1.165) is 23.1 Å². The first-order valence-electron chi connectivity index (χ1n) is 9.11. The van der Waals surface area contributed by atoms with Crippen molar-refractivity contribution < 1.29 is 18.7 Å². The molecule has 1 aromatic heterocycles. The minimum Gasteiger partial charge on any atom is -0.486 e. The van der Waals surface area contributed by atoms with Crippen LogP contribution in [-0.4, -0.2) is 35.8 Å². The Morgan fingerprint density at radius 2 is 2.04 bits per heavy atom. The summed E-state index contributed by atoms with van der Waals surface area (Å²) in [5, 5.41) is 2.97. The van der Waals surface area contributed by atoms with Crippen LogP contribution in [0.1, 0.15) is 42.5 Å². The molecule has 0 radical (unpaired) electrons. The SMILES string of the molecule is CCC(=O)NC1CCCN(C(=O)c2ccc(COc3ccc(Br)cc3)o2)C1. The average Bonchev–Trinajstić information content (AvgIpc) is 3.16. The third kappa shape index (κ3) is 5.35. The van der Waals surface area contributed by atoms with Crippen LogP contribution in [-0.2, 0) is 11.4 Å². The first-order chi connectivity index (χ1) is 13.0. The molecule has 0 aliphatic carbocycles. The van der Waals surface area contributed by atoms with Crippen LogP contribution in [0, 0.1) is 0 Å². The second-order valence-corrected chi connectivity index (χ2v) is 7.44. The third-order valence-corrected chi connectivity index (χ3v) is 4.99.